The van der Waals surface area contributed by atoms with Gasteiger partial charge in [0.25, 0.3) is 0 Å². The van der Waals surface area contributed by atoms with Crippen LogP contribution < -0.4 is 0 Å². The molecule has 0 aliphatic rings. The SMILES string of the molecule is CCc1cccc(C(=O)OCP(=O)(O)O)c1CC. The van der Waals surface area contributed by atoms with Crippen LogP contribution in [0.5, 0.6) is 0 Å². The molecule has 0 fully saturated rings. The molecular weight excluding hydrogens is 255 g/mol. The van der Waals surface area contributed by atoms with E-state index in [1.807, 2.05) is 19.9 Å². The molecule has 1 aromatic carbocycles. The van der Waals surface area contributed by atoms with Crippen molar-refractivity contribution in [3.8, 4) is 0 Å². The third-order valence-electron chi connectivity index (χ3n) is 2.59. The molecule has 2 N–H and O–H groups in total. The first-order valence-electron chi connectivity index (χ1n) is 5.71. The zero-order valence-corrected chi connectivity index (χ0v) is 11.3. The van der Waals surface area contributed by atoms with Gasteiger partial charge >= 0.3 is 13.6 Å². The molecule has 6 heteroatoms. The van der Waals surface area contributed by atoms with Crippen LogP contribution >= 0.6 is 7.60 Å². The van der Waals surface area contributed by atoms with Crippen molar-refractivity contribution < 1.29 is 23.9 Å². The second-order valence-electron chi connectivity index (χ2n) is 3.88. The smallest absolute Gasteiger partial charge is 0.362 e. The molecule has 5 nitrogen and oxygen atoms in total. The van der Waals surface area contributed by atoms with E-state index in [-0.39, 0.29) is 0 Å². The summed E-state index contributed by atoms with van der Waals surface area (Å²) in [6, 6.07) is 5.28. The van der Waals surface area contributed by atoms with Crippen LogP contribution in [-0.4, -0.2) is 22.1 Å². The van der Waals surface area contributed by atoms with Crippen molar-refractivity contribution in [2.45, 2.75) is 26.7 Å². The number of benzene rings is 1. The Labute approximate surface area is 106 Å². The predicted octanol–water partition coefficient (Wildman–Crippen LogP) is 2.10. The summed E-state index contributed by atoms with van der Waals surface area (Å²) >= 11 is 0. The third-order valence-corrected chi connectivity index (χ3v) is 3.06. The summed E-state index contributed by atoms with van der Waals surface area (Å²) in [5.41, 5.74) is 2.30. The number of hydrogen-bond acceptors (Lipinski definition) is 3. The van der Waals surface area contributed by atoms with Crippen LogP contribution in [0.15, 0.2) is 18.2 Å². The molecule has 0 atom stereocenters. The average Bonchev–Trinajstić information content (AvgIpc) is 2.33. The number of hydrogen-bond donors (Lipinski definition) is 2. The Kier molecular flexibility index (Phi) is 5.08. The van der Waals surface area contributed by atoms with Gasteiger partial charge in [0.05, 0.1) is 5.56 Å². The van der Waals surface area contributed by atoms with Crippen molar-refractivity contribution in [2.75, 3.05) is 6.35 Å². The normalized spacial score (nSPS) is 11.3. The molecule has 0 heterocycles. The van der Waals surface area contributed by atoms with E-state index in [1.165, 1.54) is 0 Å². The maximum Gasteiger partial charge on any atom is 0.362 e. The lowest BCUT2D eigenvalue weighted by molar-refractivity contribution is 0.0548. The van der Waals surface area contributed by atoms with E-state index in [0.717, 1.165) is 17.5 Å². The molecule has 0 spiro atoms. The first-order valence-corrected chi connectivity index (χ1v) is 7.51. The number of carbonyl (C=O) groups excluding carboxylic acids is 1. The van der Waals surface area contributed by atoms with Gasteiger partial charge in [-0.1, -0.05) is 26.0 Å². The highest BCUT2D eigenvalue weighted by Gasteiger charge is 2.19. The van der Waals surface area contributed by atoms with Crippen LogP contribution in [0, 0.1) is 0 Å². The van der Waals surface area contributed by atoms with Gasteiger partial charge in [-0.2, -0.15) is 0 Å². The lowest BCUT2D eigenvalue weighted by Crippen LogP contribution is -2.11. The summed E-state index contributed by atoms with van der Waals surface area (Å²) in [6.07, 6.45) is 0.582. The van der Waals surface area contributed by atoms with Crippen molar-refractivity contribution >= 4 is 13.6 Å². The van der Waals surface area contributed by atoms with Gasteiger partial charge in [0.2, 0.25) is 0 Å². The van der Waals surface area contributed by atoms with E-state index in [0.29, 0.717) is 12.0 Å². The topological polar surface area (TPSA) is 83.8 Å². The van der Waals surface area contributed by atoms with E-state index in [9.17, 15) is 9.36 Å². The molecular formula is C12H17O5P. The van der Waals surface area contributed by atoms with Gasteiger partial charge in [-0.25, -0.2) is 4.79 Å². The van der Waals surface area contributed by atoms with Gasteiger partial charge in [-0.05, 0) is 30.0 Å². The number of ether oxygens (including phenoxy) is 1. The Balaban J connectivity index is 2.95. The summed E-state index contributed by atoms with van der Waals surface area (Å²) < 4.78 is 15.3. The Morgan fingerprint density at radius 3 is 2.44 bits per heavy atom. The molecule has 0 aliphatic carbocycles. The summed E-state index contributed by atoms with van der Waals surface area (Å²) in [5, 5.41) is 0. The van der Waals surface area contributed by atoms with Crippen LogP contribution in [-0.2, 0) is 22.1 Å². The molecule has 0 saturated heterocycles. The summed E-state index contributed by atoms with van der Waals surface area (Å²) in [6.45, 7) is 3.91. The van der Waals surface area contributed by atoms with E-state index >= 15 is 0 Å². The fourth-order valence-corrected chi connectivity index (χ4v) is 2.08. The van der Waals surface area contributed by atoms with Crippen LogP contribution in [0.2, 0.25) is 0 Å². The molecule has 0 bridgehead atoms. The summed E-state index contributed by atoms with van der Waals surface area (Å²) in [5.74, 6) is -0.689. The Morgan fingerprint density at radius 2 is 1.94 bits per heavy atom. The molecule has 0 saturated carbocycles. The van der Waals surface area contributed by atoms with Crippen LogP contribution in [0.4, 0.5) is 0 Å². The minimum absolute atomic E-state index is 0.380. The second kappa shape index (κ2) is 6.14. The average molecular weight is 272 g/mol. The first kappa shape index (κ1) is 14.9. The predicted molar refractivity (Wildman–Crippen MR) is 67.5 cm³/mol. The van der Waals surface area contributed by atoms with Crippen LogP contribution in [0.3, 0.4) is 0 Å². The second-order valence-corrected chi connectivity index (χ2v) is 5.46. The maximum atomic E-state index is 11.8. The van der Waals surface area contributed by atoms with Gasteiger partial charge in [0, 0.05) is 0 Å². The quantitative estimate of drug-likeness (QED) is 0.633. The highest BCUT2D eigenvalue weighted by atomic mass is 31.2. The van der Waals surface area contributed by atoms with Crippen molar-refractivity contribution in [3.63, 3.8) is 0 Å². The number of aryl methyl sites for hydroxylation is 1. The molecule has 0 unspecified atom stereocenters. The van der Waals surface area contributed by atoms with Gasteiger partial charge in [-0.15, -0.1) is 0 Å². The highest BCUT2D eigenvalue weighted by molar-refractivity contribution is 7.51. The van der Waals surface area contributed by atoms with E-state index < -0.39 is 19.9 Å². The first-order chi connectivity index (χ1) is 8.39. The van der Waals surface area contributed by atoms with E-state index in [1.54, 1.807) is 12.1 Å². The van der Waals surface area contributed by atoms with E-state index in [4.69, 9.17) is 9.79 Å². The molecule has 1 aromatic rings. The van der Waals surface area contributed by atoms with Crippen molar-refractivity contribution in [1.29, 1.82) is 0 Å². The lowest BCUT2D eigenvalue weighted by Gasteiger charge is -2.12. The number of esters is 1. The summed E-state index contributed by atoms with van der Waals surface area (Å²) in [4.78, 5) is 29.1. The Bertz CT molecular complexity index is 477. The molecule has 1 rings (SSSR count). The maximum absolute atomic E-state index is 11.8. The van der Waals surface area contributed by atoms with Gasteiger partial charge in [0.1, 0.15) is 0 Å². The third kappa shape index (κ3) is 3.95. The molecule has 0 aliphatic heterocycles. The highest BCUT2D eigenvalue weighted by Crippen LogP contribution is 2.34. The largest absolute Gasteiger partial charge is 0.449 e. The van der Waals surface area contributed by atoms with Crippen molar-refractivity contribution in [1.82, 2.24) is 0 Å². The molecule has 100 valence electrons. The zero-order chi connectivity index (χ0) is 13.8. The minimum atomic E-state index is -4.33. The van der Waals surface area contributed by atoms with Crippen LogP contribution in [0.1, 0.15) is 35.3 Å². The number of rotatable bonds is 5. The Morgan fingerprint density at radius 1 is 1.28 bits per heavy atom. The molecule has 0 radical (unpaired) electrons. The molecule has 18 heavy (non-hydrogen) atoms. The standard InChI is InChI=1S/C12H17O5P/c1-3-9-6-5-7-11(10(9)4-2)12(13)17-8-18(14,15)16/h5-7H,3-4,8H2,1-2H3,(H2,14,15,16). The lowest BCUT2D eigenvalue weighted by atomic mass is 9.97. The zero-order valence-electron chi connectivity index (χ0n) is 10.4. The van der Waals surface area contributed by atoms with Gasteiger partial charge in [-0.3, -0.25) is 4.57 Å². The number of carbonyl (C=O) groups is 1. The van der Waals surface area contributed by atoms with Gasteiger partial charge < -0.3 is 14.5 Å². The fraction of sp³-hybridized carbons (Fsp3) is 0.417. The van der Waals surface area contributed by atoms with E-state index in [2.05, 4.69) is 4.74 Å². The van der Waals surface area contributed by atoms with Crippen molar-refractivity contribution in [3.05, 3.63) is 34.9 Å². The minimum Gasteiger partial charge on any atom is -0.449 e. The fourth-order valence-electron chi connectivity index (χ4n) is 1.80. The Hall–Kier alpha value is -1.16. The monoisotopic (exact) mass is 272 g/mol. The van der Waals surface area contributed by atoms with Crippen LogP contribution in [0.25, 0.3) is 0 Å². The molecule has 0 amide bonds. The van der Waals surface area contributed by atoms with Crippen molar-refractivity contribution in [2.24, 2.45) is 0 Å². The molecule has 0 aromatic heterocycles. The summed E-state index contributed by atoms with van der Waals surface area (Å²) in [7, 11) is -4.33. The van der Waals surface area contributed by atoms with Gasteiger partial charge in [0.15, 0.2) is 6.35 Å².